The molecule has 1 aliphatic rings. The van der Waals surface area contributed by atoms with Crippen LogP contribution in [-0.4, -0.2) is 42.1 Å². The van der Waals surface area contributed by atoms with Gasteiger partial charge >= 0.3 is 0 Å². The first-order chi connectivity index (χ1) is 10.3. The summed E-state index contributed by atoms with van der Waals surface area (Å²) in [6.45, 7) is 4.38. The smallest absolute Gasteiger partial charge is 0.123 e. The predicted octanol–water partition coefficient (Wildman–Crippen LogP) is 2.27. The Kier molecular flexibility index (Phi) is 6.67. The summed E-state index contributed by atoms with van der Waals surface area (Å²) in [6, 6.07) is 8.03. The molecule has 1 fully saturated rings. The van der Waals surface area contributed by atoms with Crippen LogP contribution in [0.1, 0.15) is 31.4 Å². The second kappa shape index (κ2) is 8.51. The molecule has 1 aliphatic heterocycles. The van der Waals surface area contributed by atoms with Gasteiger partial charge in [0.1, 0.15) is 5.75 Å². The molecule has 4 nitrogen and oxygen atoms in total. The minimum Gasteiger partial charge on any atom is -0.496 e. The lowest BCUT2D eigenvalue weighted by Crippen LogP contribution is -2.32. The van der Waals surface area contributed by atoms with Crippen molar-refractivity contribution in [1.82, 2.24) is 5.32 Å². The highest BCUT2D eigenvalue weighted by atomic mass is 32.2. The fourth-order valence-electron chi connectivity index (χ4n) is 2.70. The predicted molar refractivity (Wildman–Crippen MR) is 86.3 cm³/mol. The zero-order chi connectivity index (χ0) is 15.1. The minimum absolute atomic E-state index is 0.0647. The standard InChI is InChI=1S/C16H25NO3S/c1-3-17-15(14-6-4-5-7-16(14)19-2)12-21(18)13-8-10-20-11-9-13/h4-7,13,15,17H,3,8-12H2,1-2H3. The van der Waals surface area contributed by atoms with Crippen LogP contribution in [0.25, 0.3) is 0 Å². The molecule has 2 unspecified atom stereocenters. The quantitative estimate of drug-likeness (QED) is 0.839. The van der Waals surface area contributed by atoms with Crippen LogP contribution >= 0.6 is 0 Å². The van der Waals surface area contributed by atoms with Gasteiger partial charge in [-0.15, -0.1) is 0 Å². The van der Waals surface area contributed by atoms with Crippen molar-refractivity contribution in [1.29, 1.82) is 0 Å². The van der Waals surface area contributed by atoms with Crippen LogP contribution in [0.4, 0.5) is 0 Å². The molecule has 1 aromatic rings. The second-order valence-corrected chi connectivity index (χ2v) is 6.97. The molecule has 21 heavy (non-hydrogen) atoms. The van der Waals surface area contributed by atoms with Gasteiger partial charge in [0.25, 0.3) is 0 Å². The van der Waals surface area contributed by atoms with Crippen LogP contribution in [0.3, 0.4) is 0 Å². The van der Waals surface area contributed by atoms with Gasteiger partial charge in [0, 0.05) is 46.6 Å². The maximum atomic E-state index is 12.6. The molecule has 2 atom stereocenters. The first-order valence-electron chi connectivity index (χ1n) is 7.57. The topological polar surface area (TPSA) is 47.6 Å². The molecule has 1 saturated heterocycles. The van der Waals surface area contributed by atoms with E-state index in [0.29, 0.717) is 5.75 Å². The molecule has 0 radical (unpaired) electrons. The maximum absolute atomic E-state index is 12.6. The Balaban J connectivity index is 2.09. The number of nitrogens with one attached hydrogen (secondary N) is 1. The minimum atomic E-state index is -0.847. The van der Waals surface area contributed by atoms with Gasteiger partial charge in [-0.1, -0.05) is 25.1 Å². The number of hydrogen-bond acceptors (Lipinski definition) is 4. The molecule has 1 heterocycles. The third-order valence-electron chi connectivity index (χ3n) is 3.84. The summed E-state index contributed by atoms with van der Waals surface area (Å²) in [5.41, 5.74) is 1.09. The fourth-order valence-corrected chi connectivity index (χ4v) is 4.31. The van der Waals surface area contributed by atoms with E-state index in [4.69, 9.17) is 9.47 Å². The molecule has 0 spiro atoms. The van der Waals surface area contributed by atoms with E-state index < -0.39 is 10.8 Å². The Morgan fingerprint density at radius 3 is 2.76 bits per heavy atom. The summed E-state index contributed by atoms with van der Waals surface area (Å²) < 4.78 is 23.4. The number of hydrogen-bond donors (Lipinski definition) is 1. The van der Waals surface area contributed by atoms with Crippen molar-refractivity contribution >= 4 is 10.8 Å². The largest absolute Gasteiger partial charge is 0.496 e. The number of methoxy groups -OCH3 is 1. The molecule has 0 amide bonds. The second-order valence-electron chi connectivity index (χ2n) is 5.21. The lowest BCUT2D eigenvalue weighted by Gasteiger charge is -2.25. The van der Waals surface area contributed by atoms with E-state index in [-0.39, 0.29) is 11.3 Å². The Hall–Kier alpha value is -0.910. The Bertz CT molecular complexity index is 461. The van der Waals surface area contributed by atoms with Crippen LogP contribution < -0.4 is 10.1 Å². The van der Waals surface area contributed by atoms with Gasteiger partial charge in [0.05, 0.1) is 7.11 Å². The van der Waals surface area contributed by atoms with Gasteiger partial charge in [-0.3, -0.25) is 4.21 Å². The number of ether oxygens (including phenoxy) is 2. The molecular formula is C16H25NO3S. The Morgan fingerprint density at radius 2 is 2.10 bits per heavy atom. The first-order valence-corrected chi connectivity index (χ1v) is 8.95. The number of benzene rings is 1. The van der Waals surface area contributed by atoms with Crippen LogP contribution in [-0.2, 0) is 15.5 Å². The lowest BCUT2D eigenvalue weighted by atomic mass is 10.1. The fraction of sp³-hybridized carbons (Fsp3) is 0.625. The average molecular weight is 311 g/mol. The monoisotopic (exact) mass is 311 g/mol. The van der Waals surface area contributed by atoms with Gasteiger partial charge in [-0.25, -0.2) is 0 Å². The van der Waals surface area contributed by atoms with E-state index in [1.807, 2.05) is 24.3 Å². The van der Waals surface area contributed by atoms with Crippen LogP contribution in [0.2, 0.25) is 0 Å². The van der Waals surface area contributed by atoms with E-state index in [2.05, 4.69) is 12.2 Å². The zero-order valence-electron chi connectivity index (χ0n) is 12.8. The van der Waals surface area contributed by atoms with Crippen molar-refractivity contribution in [3.8, 4) is 5.75 Å². The van der Waals surface area contributed by atoms with Crippen molar-refractivity contribution in [3.05, 3.63) is 29.8 Å². The maximum Gasteiger partial charge on any atom is 0.123 e. The molecule has 0 bridgehead atoms. The molecule has 118 valence electrons. The molecule has 0 aliphatic carbocycles. The van der Waals surface area contributed by atoms with Crippen LogP contribution in [0.15, 0.2) is 24.3 Å². The Morgan fingerprint density at radius 1 is 1.38 bits per heavy atom. The summed E-state index contributed by atoms with van der Waals surface area (Å²) in [5.74, 6) is 1.48. The van der Waals surface area contributed by atoms with E-state index in [0.717, 1.165) is 43.9 Å². The van der Waals surface area contributed by atoms with Gasteiger partial charge in [-0.05, 0) is 25.5 Å². The van der Waals surface area contributed by atoms with Gasteiger partial charge < -0.3 is 14.8 Å². The van der Waals surface area contributed by atoms with E-state index in [1.54, 1.807) is 7.11 Å². The normalized spacial score (nSPS) is 19.1. The van der Waals surface area contributed by atoms with E-state index >= 15 is 0 Å². The van der Waals surface area contributed by atoms with Crippen molar-refractivity contribution in [2.45, 2.75) is 31.1 Å². The lowest BCUT2D eigenvalue weighted by molar-refractivity contribution is 0.0992. The zero-order valence-corrected chi connectivity index (χ0v) is 13.7. The number of para-hydroxylation sites is 1. The summed E-state index contributed by atoms with van der Waals surface area (Å²) in [7, 11) is 0.831. The van der Waals surface area contributed by atoms with Gasteiger partial charge in [0.2, 0.25) is 0 Å². The molecule has 0 saturated carbocycles. The summed E-state index contributed by atoms with van der Waals surface area (Å²) in [4.78, 5) is 0. The molecule has 1 N–H and O–H groups in total. The molecular weight excluding hydrogens is 286 g/mol. The highest BCUT2D eigenvalue weighted by Gasteiger charge is 2.24. The van der Waals surface area contributed by atoms with Gasteiger partial charge in [-0.2, -0.15) is 0 Å². The SMILES string of the molecule is CCNC(CS(=O)C1CCOCC1)c1ccccc1OC. The van der Waals surface area contributed by atoms with Crippen LogP contribution in [0.5, 0.6) is 5.75 Å². The van der Waals surface area contributed by atoms with Gasteiger partial charge in [0.15, 0.2) is 0 Å². The van der Waals surface area contributed by atoms with Crippen molar-refractivity contribution in [2.75, 3.05) is 32.6 Å². The van der Waals surface area contributed by atoms with Crippen LogP contribution in [0, 0.1) is 0 Å². The third-order valence-corrected chi connectivity index (χ3v) is 5.71. The highest BCUT2D eigenvalue weighted by Crippen LogP contribution is 2.27. The average Bonchev–Trinajstić information content (AvgIpc) is 2.55. The third kappa shape index (κ3) is 4.53. The van der Waals surface area contributed by atoms with Crippen molar-refractivity contribution in [3.63, 3.8) is 0 Å². The molecule has 0 aromatic heterocycles. The first kappa shape index (κ1) is 16.5. The van der Waals surface area contributed by atoms with E-state index in [1.165, 1.54) is 0 Å². The molecule has 5 heteroatoms. The summed E-state index contributed by atoms with van der Waals surface area (Å²) in [6.07, 6.45) is 1.80. The van der Waals surface area contributed by atoms with E-state index in [9.17, 15) is 4.21 Å². The summed E-state index contributed by atoms with van der Waals surface area (Å²) in [5, 5.41) is 3.70. The number of rotatable bonds is 7. The molecule has 2 rings (SSSR count). The highest BCUT2D eigenvalue weighted by molar-refractivity contribution is 7.85. The molecule has 1 aromatic carbocycles. The Labute approximate surface area is 129 Å². The summed E-state index contributed by atoms with van der Waals surface area (Å²) >= 11 is 0. The van der Waals surface area contributed by atoms with Crippen molar-refractivity contribution < 1.29 is 13.7 Å². The van der Waals surface area contributed by atoms with Crippen molar-refractivity contribution in [2.24, 2.45) is 0 Å².